The third kappa shape index (κ3) is 5.29. The van der Waals surface area contributed by atoms with Crippen molar-refractivity contribution in [3.63, 3.8) is 0 Å². The van der Waals surface area contributed by atoms with Crippen molar-refractivity contribution in [1.82, 2.24) is 35.0 Å². The SMILES string of the molecule is CCCc1cc2c(N3CCn4c(nnc4C(F)(F)F)C3)nc(N3CCC(NC(=O)Cc4csc(N)n4)C3)nc2s1. The average Bonchev–Trinajstić information content (AvgIpc) is 3.69. The van der Waals surface area contributed by atoms with Gasteiger partial charge in [-0.1, -0.05) is 13.3 Å². The van der Waals surface area contributed by atoms with Crippen LogP contribution in [0.1, 0.15) is 42.0 Å². The molecule has 0 aliphatic carbocycles. The van der Waals surface area contributed by atoms with Crippen LogP contribution < -0.4 is 20.9 Å². The molecule has 2 aliphatic rings. The van der Waals surface area contributed by atoms with Crippen molar-refractivity contribution in [2.75, 3.05) is 35.2 Å². The Balaban J connectivity index is 1.24. The summed E-state index contributed by atoms with van der Waals surface area (Å²) in [5.74, 6) is 0.378. The molecule has 40 heavy (non-hydrogen) atoms. The monoisotopic (exact) mass is 592 g/mol. The largest absolute Gasteiger partial charge is 0.451 e. The maximum Gasteiger partial charge on any atom is 0.451 e. The van der Waals surface area contributed by atoms with E-state index in [0.29, 0.717) is 42.2 Å². The zero-order chi connectivity index (χ0) is 28.0. The van der Waals surface area contributed by atoms with Crippen LogP contribution in [0.25, 0.3) is 10.2 Å². The zero-order valence-electron chi connectivity index (χ0n) is 21.6. The summed E-state index contributed by atoms with van der Waals surface area (Å²) in [7, 11) is 0. The number of thiophene rings is 1. The minimum absolute atomic E-state index is 0.0699. The molecule has 1 atom stereocenters. The molecule has 1 fully saturated rings. The number of thiazole rings is 1. The van der Waals surface area contributed by atoms with Gasteiger partial charge in [0.15, 0.2) is 11.0 Å². The Morgan fingerprint density at radius 2 is 2.02 bits per heavy atom. The van der Waals surface area contributed by atoms with E-state index in [9.17, 15) is 18.0 Å². The van der Waals surface area contributed by atoms with Crippen molar-refractivity contribution < 1.29 is 18.0 Å². The number of fused-ring (bicyclic) bond motifs is 2. The van der Waals surface area contributed by atoms with E-state index in [1.54, 1.807) is 16.7 Å². The lowest BCUT2D eigenvalue weighted by Crippen LogP contribution is -2.38. The van der Waals surface area contributed by atoms with Crippen LogP contribution >= 0.6 is 22.7 Å². The highest BCUT2D eigenvalue weighted by Crippen LogP contribution is 2.36. The molecule has 2 aliphatic heterocycles. The van der Waals surface area contributed by atoms with E-state index in [4.69, 9.17) is 15.7 Å². The Bertz CT molecular complexity index is 1550. The summed E-state index contributed by atoms with van der Waals surface area (Å²) < 4.78 is 41.2. The van der Waals surface area contributed by atoms with E-state index in [2.05, 4.69) is 33.5 Å². The van der Waals surface area contributed by atoms with Crippen molar-refractivity contribution in [3.8, 4) is 0 Å². The molecule has 0 spiro atoms. The van der Waals surface area contributed by atoms with Crippen LogP contribution in [-0.4, -0.2) is 61.3 Å². The number of amides is 1. The topological polar surface area (TPSA) is 131 Å². The number of halogens is 3. The summed E-state index contributed by atoms with van der Waals surface area (Å²) in [6.45, 7) is 3.92. The number of nitrogens with one attached hydrogen (secondary N) is 1. The molecule has 1 saturated heterocycles. The van der Waals surface area contributed by atoms with Gasteiger partial charge in [0.1, 0.15) is 10.6 Å². The highest BCUT2D eigenvalue weighted by molar-refractivity contribution is 7.18. The first-order chi connectivity index (χ1) is 19.2. The lowest BCUT2D eigenvalue weighted by Gasteiger charge is -2.30. The van der Waals surface area contributed by atoms with E-state index >= 15 is 0 Å². The molecule has 0 radical (unpaired) electrons. The fraction of sp³-hybridized carbons (Fsp3) is 0.500. The van der Waals surface area contributed by atoms with E-state index < -0.39 is 12.0 Å². The van der Waals surface area contributed by atoms with Gasteiger partial charge in [0, 0.05) is 42.5 Å². The summed E-state index contributed by atoms with van der Waals surface area (Å²) in [5.41, 5.74) is 6.31. The minimum atomic E-state index is -4.56. The summed E-state index contributed by atoms with van der Waals surface area (Å²) in [6, 6.07) is 2.01. The number of alkyl halides is 3. The number of carbonyl (C=O) groups is 1. The van der Waals surface area contributed by atoms with Crippen LogP contribution in [0, 0.1) is 0 Å². The maximum absolute atomic E-state index is 13.4. The summed E-state index contributed by atoms with van der Waals surface area (Å²) in [4.78, 5) is 32.5. The number of nitrogens with zero attached hydrogens (tertiary/aromatic N) is 8. The number of carbonyl (C=O) groups excluding carboxylic acids is 1. The molecule has 0 saturated carbocycles. The Hall–Kier alpha value is -3.53. The first kappa shape index (κ1) is 26.7. The first-order valence-corrected chi connectivity index (χ1v) is 14.7. The fourth-order valence-corrected chi connectivity index (χ4v) is 6.83. The molecule has 0 aromatic carbocycles. The van der Waals surface area contributed by atoms with Gasteiger partial charge in [0.25, 0.3) is 0 Å². The van der Waals surface area contributed by atoms with E-state index in [1.807, 2.05) is 9.80 Å². The number of hydrogen-bond acceptors (Lipinski definition) is 11. The molecule has 6 rings (SSSR count). The van der Waals surface area contributed by atoms with Gasteiger partial charge < -0.3 is 25.4 Å². The lowest BCUT2D eigenvalue weighted by molar-refractivity contribution is -0.147. The van der Waals surface area contributed by atoms with Crippen molar-refractivity contribution >= 4 is 55.7 Å². The molecule has 4 aromatic heterocycles. The van der Waals surface area contributed by atoms with Gasteiger partial charge in [-0.15, -0.1) is 32.9 Å². The van der Waals surface area contributed by atoms with E-state index in [0.717, 1.165) is 34.0 Å². The van der Waals surface area contributed by atoms with Gasteiger partial charge in [-0.3, -0.25) is 4.79 Å². The van der Waals surface area contributed by atoms with Crippen LogP contribution in [-0.2, 0) is 36.9 Å². The third-order valence-corrected chi connectivity index (χ3v) is 8.77. The molecule has 16 heteroatoms. The molecule has 1 unspecified atom stereocenters. The molecular weight excluding hydrogens is 565 g/mol. The fourth-order valence-electron chi connectivity index (χ4n) is 5.15. The van der Waals surface area contributed by atoms with Crippen molar-refractivity contribution in [1.29, 1.82) is 0 Å². The van der Waals surface area contributed by atoms with Crippen molar-refractivity contribution in [2.24, 2.45) is 0 Å². The van der Waals surface area contributed by atoms with Crippen molar-refractivity contribution in [3.05, 3.63) is 33.7 Å². The average molecular weight is 593 g/mol. The number of rotatable bonds is 7. The number of nitrogen functional groups attached to an aromatic ring is 1. The van der Waals surface area contributed by atoms with E-state index in [1.165, 1.54) is 16.2 Å². The standard InChI is InChI=1S/C24H27F3N10OS2/c1-2-3-15-9-16-19(35-6-7-37-17(11-35)33-34-21(37)24(25,26)27)31-23(32-20(16)40-15)36-5-4-13(10-36)29-18(38)8-14-12-39-22(28)30-14/h9,12-13H,2-8,10-11H2,1H3,(H2,28,30)(H,29,38). The summed E-state index contributed by atoms with van der Waals surface area (Å²) >= 11 is 2.91. The van der Waals surface area contributed by atoms with Crippen molar-refractivity contribution in [2.45, 2.75) is 57.9 Å². The van der Waals surface area contributed by atoms with Crippen LogP contribution in [0.15, 0.2) is 11.4 Å². The third-order valence-electron chi connectivity index (χ3n) is 6.96. The van der Waals surface area contributed by atoms with Crippen LogP contribution in [0.4, 0.5) is 30.1 Å². The smallest absolute Gasteiger partial charge is 0.375 e. The van der Waals surface area contributed by atoms with Crippen LogP contribution in [0.3, 0.4) is 0 Å². The Labute approximate surface area is 235 Å². The van der Waals surface area contributed by atoms with Gasteiger partial charge in [0.05, 0.1) is 24.0 Å². The molecule has 4 aromatic rings. The lowest BCUT2D eigenvalue weighted by atomic mass is 10.2. The predicted octanol–water partition coefficient (Wildman–Crippen LogP) is 3.25. The second-order valence-electron chi connectivity index (χ2n) is 9.89. The highest BCUT2D eigenvalue weighted by atomic mass is 32.1. The van der Waals surface area contributed by atoms with Crippen LogP contribution in [0.2, 0.25) is 0 Å². The highest BCUT2D eigenvalue weighted by Gasteiger charge is 2.40. The molecule has 1 amide bonds. The number of aromatic nitrogens is 6. The number of anilines is 3. The van der Waals surface area contributed by atoms with Gasteiger partial charge in [-0.2, -0.15) is 18.2 Å². The van der Waals surface area contributed by atoms with Gasteiger partial charge in [0.2, 0.25) is 17.7 Å². The molecule has 3 N–H and O–H groups in total. The molecular formula is C24H27F3N10OS2. The minimum Gasteiger partial charge on any atom is -0.375 e. The van der Waals surface area contributed by atoms with Crippen LogP contribution in [0.5, 0.6) is 0 Å². The van der Waals surface area contributed by atoms with Gasteiger partial charge in [-0.25, -0.2) is 9.97 Å². The molecule has 0 bridgehead atoms. The van der Waals surface area contributed by atoms with Gasteiger partial charge >= 0.3 is 6.18 Å². The second kappa shape index (κ2) is 10.5. The number of hydrogen-bond donors (Lipinski definition) is 2. The Kier molecular flexibility index (Phi) is 6.98. The normalized spacial score (nSPS) is 17.6. The Morgan fingerprint density at radius 1 is 1.18 bits per heavy atom. The molecule has 212 valence electrons. The zero-order valence-corrected chi connectivity index (χ0v) is 23.2. The summed E-state index contributed by atoms with van der Waals surface area (Å²) in [5, 5.41) is 13.4. The molecule has 11 nitrogen and oxygen atoms in total. The second-order valence-corrected chi connectivity index (χ2v) is 11.9. The Morgan fingerprint density at radius 3 is 2.77 bits per heavy atom. The van der Waals surface area contributed by atoms with E-state index in [-0.39, 0.29) is 37.3 Å². The number of nitrogens with two attached hydrogens (primary N) is 1. The first-order valence-electron chi connectivity index (χ1n) is 13.0. The summed E-state index contributed by atoms with van der Waals surface area (Å²) in [6.07, 6.45) is -1.76. The molecule has 6 heterocycles. The predicted molar refractivity (Wildman–Crippen MR) is 146 cm³/mol. The van der Waals surface area contributed by atoms with Gasteiger partial charge in [-0.05, 0) is 18.9 Å². The quantitative estimate of drug-likeness (QED) is 0.332. The maximum atomic E-state index is 13.4. The number of aryl methyl sites for hydroxylation is 1.